The largest absolute Gasteiger partial charge is 0.489 e. The summed E-state index contributed by atoms with van der Waals surface area (Å²) in [6, 6.07) is 9.38. The van der Waals surface area contributed by atoms with Crippen LogP contribution in [0.4, 0.5) is 4.39 Å². The van der Waals surface area contributed by atoms with Gasteiger partial charge in [-0.1, -0.05) is 12.1 Å². The highest BCUT2D eigenvalue weighted by atomic mass is 32.2. The van der Waals surface area contributed by atoms with Crippen LogP contribution < -0.4 is 9.46 Å². The van der Waals surface area contributed by atoms with E-state index in [0.29, 0.717) is 18.6 Å². The maximum atomic E-state index is 13.4. The Morgan fingerprint density at radius 2 is 1.85 bits per heavy atom. The van der Waals surface area contributed by atoms with E-state index in [4.69, 9.17) is 4.74 Å². The minimum absolute atomic E-state index is 0.00152. The molecule has 146 valence electrons. The number of ether oxygens (including phenoxy) is 1. The first-order valence-corrected chi connectivity index (χ1v) is 11.6. The molecular formula is C18H20FNO5S2. The highest BCUT2D eigenvalue weighted by Crippen LogP contribution is 2.32. The smallest absolute Gasteiger partial charge is 0.211 e. The molecule has 0 spiro atoms. The van der Waals surface area contributed by atoms with Gasteiger partial charge in [-0.15, -0.1) is 0 Å². The summed E-state index contributed by atoms with van der Waals surface area (Å²) in [5, 5.41) is 0. The van der Waals surface area contributed by atoms with E-state index < -0.39 is 25.7 Å². The van der Waals surface area contributed by atoms with Crippen LogP contribution in [0, 0.1) is 5.82 Å². The van der Waals surface area contributed by atoms with E-state index in [1.807, 2.05) is 0 Å². The van der Waals surface area contributed by atoms with Gasteiger partial charge in [0.15, 0.2) is 0 Å². The zero-order chi connectivity index (χ0) is 19.7. The van der Waals surface area contributed by atoms with Gasteiger partial charge in [0.25, 0.3) is 0 Å². The molecule has 1 N–H and O–H groups in total. The van der Waals surface area contributed by atoms with Crippen molar-refractivity contribution in [1.82, 2.24) is 4.72 Å². The first-order valence-electron chi connectivity index (χ1n) is 8.49. The van der Waals surface area contributed by atoms with Gasteiger partial charge < -0.3 is 4.74 Å². The molecule has 0 fully saturated rings. The zero-order valence-electron chi connectivity index (χ0n) is 14.7. The second-order valence-electron chi connectivity index (χ2n) is 6.26. The van der Waals surface area contributed by atoms with E-state index in [-0.39, 0.29) is 28.2 Å². The molecule has 0 saturated heterocycles. The highest BCUT2D eigenvalue weighted by Gasteiger charge is 2.25. The Bertz CT molecular complexity index is 1050. The summed E-state index contributed by atoms with van der Waals surface area (Å²) in [5.41, 5.74) is 0.850. The first kappa shape index (κ1) is 19.8. The zero-order valence-corrected chi connectivity index (χ0v) is 16.3. The molecule has 2 aromatic carbocycles. The van der Waals surface area contributed by atoms with Crippen molar-refractivity contribution in [2.75, 3.05) is 12.3 Å². The molecule has 27 heavy (non-hydrogen) atoms. The summed E-state index contributed by atoms with van der Waals surface area (Å²) < 4.78 is 70.3. The number of sulfone groups is 1. The molecule has 6 nitrogen and oxygen atoms in total. The maximum absolute atomic E-state index is 13.4. The topological polar surface area (TPSA) is 89.5 Å². The van der Waals surface area contributed by atoms with Gasteiger partial charge in [-0.3, -0.25) is 0 Å². The van der Waals surface area contributed by atoms with E-state index in [0.717, 1.165) is 11.6 Å². The van der Waals surface area contributed by atoms with Crippen molar-refractivity contribution in [3.63, 3.8) is 0 Å². The third-order valence-corrected chi connectivity index (χ3v) is 7.51. The molecule has 1 aliphatic heterocycles. The maximum Gasteiger partial charge on any atom is 0.211 e. The standard InChI is InChI=1S/C18H20FNO5S2/c1-2-26(21,22)20-12-15-8-6-13-7-9-17(11-18(13)25-15)27(23,24)16-5-3-4-14(19)10-16/h3-5,7,9-11,15,20H,2,6,8,12H2,1H3/t15-/m1/s1. The Morgan fingerprint density at radius 3 is 2.56 bits per heavy atom. The van der Waals surface area contributed by atoms with Crippen molar-refractivity contribution in [3.8, 4) is 5.75 Å². The molecule has 2 aromatic rings. The Kier molecular flexibility index (Phi) is 5.55. The lowest BCUT2D eigenvalue weighted by atomic mass is 10.0. The van der Waals surface area contributed by atoms with Crippen molar-refractivity contribution < 1.29 is 26.0 Å². The number of sulfonamides is 1. The molecule has 1 aliphatic rings. The second-order valence-corrected chi connectivity index (χ2v) is 10.3. The number of aryl methyl sites for hydroxylation is 1. The number of nitrogens with one attached hydrogen (secondary N) is 1. The summed E-state index contributed by atoms with van der Waals surface area (Å²) in [6.07, 6.45) is 0.884. The Balaban J connectivity index is 1.84. The van der Waals surface area contributed by atoms with Crippen LogP contribution in [0.1, 0.15) is 18.9 Å². The van der Waals surface area contributed by atoms with Gasteiger partial charge in [0.2, 0.25) is 19.9 Å². The van der Waals surface area contributed by atoms with E-state index >= 15 is 0 Å². The fourth-order valence-electron chi connectivity index (χ4n) is 2.81. The average molecular weight is 413 g/mol. The quantitative estimate of drug-likeness (QED) is 0.785. The van der Waals surface area contributed by atoms with E-state index in [1.54, 1.807) is 13.0 Å². The van der Waals surface area contributed by atoms with Crippen LogP contribution in [0.25, 0.3) is 0 Å². The predicted octanol–water partition coefficient (Wildman–Crippen LogP) is 2.29. The number of benzene rings is 2. The third-order valence-electron chi connectivity index (χ3n) is 4.40. The van der Waals surface area contributed by atoms with Crippen molar-refractivity contribution in [2.24, 2.45) is 0 Å². The van der Waals surface area contributed by atoms with E-state index in [2.05, 4.69) is 4.72 Å². The molecule has 9 heteroatoms. The van der Waals surface area contributed by atoms with Crippen LogP contribution in [-0.2, 0) is 26.3 Å². The predicted molar refractivity (Wildman–Crippen MR) is 98.5 cm³/mol. The average Bonchev–Trinajstić information content (AvgIpc) is 2.66. The first-order chi connectivity index (χ1) is 12.7. The summed E-state index contributed by atoms with van der Waals surface area (Å²) in [7, 11) is -7.21. The van der Waals surface area contributed by atoms with Gasteiger partial charge in [0.1, 0.15) is 17.7 Å². The normalized spacial score (nSPS) is 17.2. The molecular weight excluding hydrogens is 393 g/mol. The van der Waals surface area contributed by atoms with Gasteiger partial charge in [-0.25, -0.2) is 25.9 Å². The molecule has 0 aliphatic carbocycles. The molecule has 1 atom stereocenters. The van der Waals surface area contributed by atoms with Gasteiger partial charge in [0.05, 0.1) is 15.5 Å². The molecule has 0 bridgehead atoms. The van der Waals surface area contributed by atoms with E-state index in [1.165, 1.54) is 30.3 Å². The number of halogens is 1. The van der Waals surface area contributed by atoms with Crippen LogP contribution in [-0.4, -0.2) is 35.2 Å². The van der Waals surface area contributed by atoms with Gasteiger partial charge in [-0.2, -0.15) is 0 Å². The van der Waals surface area contributed by atoms with Crippen LogP contribution in [0.15, 0.2) is 52.3 Å². The highest BCUT2D eigenvalue weighted by molar-refractivity contribution is 7.91. The van der Waals surface area contributed by atoms with Crippen LogP contribution >= 0.6 is 0 Å². The number of rotatable bonds is 6. The lowest BCUT2D eigenvalue weighted by Gasteiger charge is -2.26. The number of hydrogen-bond acceptors (Lipinski definition) is 5. The second kappa shape index (κ2) is 7.57. The van der Waals surface area contributed by atoms with Crippen LogP contribution in [0.2, 0.25) is 0 Å². The molecule has 0 amide bonds. The molecule has 0 radical (unpaired) electrons. The Labute approximate surface area is 158 Å². The van der Waals surface area contributed by atoms with Gasteiger partial charge in [0, 0.05) is 6.54 Å². The minimum Gasteiger partial charge on any atom is -0.489 e. The lowest BCUT2D eigenvalue weighted by Crippen LogP contribution is -2.37. The van der Waals surface area contributed by atoms with Gasteiger partial charge >= 0.3 is 0 Å². The summed E-state index contributed by atoms with van der Waals surface area (Å²) >= 11 is 0. The monoisotopic (exact) mass is 413 g/mol. The van der Waals surface area contributed by atoms with Crippen molar-refractivity contribution in [2.45, 2.75) is 35.7 Å². The SMILES string of the molecule is CCS(=O)(=O)NC[C@H]1CCc2ccc(S(=O)(=O)c3cccc(F)c3)cc2O1. The Morgan fingerprint density at radius 1 is 1.11 bits per heavy atom. The number of fused-ring (bicyclic) bond motifs is 1. The minimum atomic E-state index is -3.88. The molecule has 1 heterocycles. The fourth-order valence-corrected chi connectivity index (χ4v) is 4.76. The van der Waals surface area contributed by atoms with E-state index in [9.17, 15) is 21.2 Å². The molecule has 0 aromatic heterocycles. The van der Waals surface area contributed by atoms with Crippen molar-refractivity contribution >= 4 is 19.9 Å². The summed E-state index contributed by atoms with van der Waals surface area (Å²) in [4.78, 5) is -0.132. The molecule has 0 saturated carbocycles. The lowest BCUT2D eigenvalue weighted by molar-refractivity contribution is 0.176. The third kappa shape index (κ3) is 4.48. The summed E-state index contributed by atoms with van der Waals surface area (Å²) in [6.45, 7) is 1.67. The molecule has 3 rings (SSSR count). The van der Waals surface area contributed by atoms with Gasteiger partial charge in [-0.05, 0) is 55.7 Å². The van der Waals surface area contributed by atoms with Crippen LogP contribution in [0.3, 0.4) is 0 Å². The fraction of sp³-hybridized carbons (Fsp3) is 0.333. The molecule has 0 unspecified atom stereocenters. The number of hydrogen-bond donors (Lipinski definition) is 1. The van der Waals surface area contributed by atoms with Crippen LogP contribution in [0.5, 0.6) is 5.75 Å². The summed E-state index contributed by atoms with van der Waals surface area (Å²) in [5.74, 6) is -0.250. The van der Waals surface area contributed by atoms with Crippen molar-refractivity contribution in [1.29, 1.82) is 0 Å². The Hall–Kier alpha value is -1.97. The van der Waals surface area contributed by atoms with Crippen molar-refractivity contribution in [3.05, 3.63) is 53.8 Å².